The summed E-state index contributed by atoms with van der Waals surface area (Å²) in [6.45, 7) is 3.42. The van der Waals surface area contributed by atoms with Crippen molar-refractivity contribution in [1.29, 1.82) is 0 Å². The Bertz CT molecular complexity index is 1020. The first-order chi connectivity index (χ1) is 16.6. The van der Waals surface area contributed by atoms with Crippen LogP contribution < -0.4 is 10.1 Å². The third-order valence-corrected chi connectivity index (χ3v) is 7.40. The fourth-order valence-corrected chi connectivity index (χ4v) is 5.61. The predicted octanol–water partition coefficient (Wildman–Crippen LogP) is 2.93. The number of methoxy groups -OCH3 is 1. The molecule has 2 aromatic rings. The summed E-state index contributed by atoms with van der Waals surface area (Å²) in [6, 6.07) is 13.3. The number of nitrogens with one attached hydrogen (secondary N) is 1. The molecule has 3 amide bonds. The van der Waals surface area contributed by atoms with Gasteiger partial charge in [0.05, 0.1) is 25.5 Å². The first-order valence-corrected chi connectivity index (χ1v) is 12.1. The molecule has 1 N–H and O–H groups in total. The van der Waals surface area contributed by atoms with Gasteiger partial charge in [0, 0.05) is 24.9 Å². The molecule has 0 radical (unpaired) electrons. The summed E-state index contributed by atoms with van der Waals surface area (Å²) in [6.07, 6.45) is 5.00. The number of aromatic nitrogens is 1. The molecule has 3 aliphatic rings. The Labute approximate surface area is 200 Å². The van der Waals surface area contributed by atoms with Crippen molar-refractivity contribution < 1.29 is 19.1 Å². The Morgan fingerprint density at radius 1 is 1.12 bits per heavy atom. The standard InChI is InChI=1S/C26H32N4O4/c1-33-22-9-3-2-7-19(22)17-29-14-11-20(12-15-29)26(23-10-4-5-13-27-23)24(31)30(25(32)28-26)18-21-8-6-16-34-21/h2-5,7,9-10,13,20-21H,6,8,11-12,14-18H2,1H3,(H,28,32)/t21-,26+/m0/s1. The largest absolute Gasteiger partial charge is 0.496 e. The van der Waals surface area contributed by atoms with Gasteiger partial charge in [0.2, 0.25) is 0 Å². The summed E-state index contributed by atoms with van der Waals surface area (Å²) < 4.78 is 11.2. The zero-order valence-corrected chi connectivity index (χ0v) is 19.6. The fraction of sp³-hybridized carbons (Fsp3) is 0.500. The number of urea groups is 1. The van der Waals surface area contributed by atoms with E-state index in [4.69, 9.17) is 9.47 Å². The first-order valence-electron chi connectivity index (χ1n) is 12.1. The molecule has 5 rings (SSSR count). The minimum atomic E-state index is -1.13. The van der Waals surface area contributed by atoms with Crippen LogP contribution in [0.25, 0.3) is 0 Å². The van der Waals surface area contributed by atoms with Crippen molar-refractivity contribution in [2.75, 3.05) is 33.4 Å². The molecule has 1 aromatic carbocycles. The Hall–Kier alpha value is -2.97. The molecule has 0 aliphatic carbocycles. The number of piperidine rings is 1. The van der Waals surface area contributed by atoms with Crippen LogP contribution in [0.2, 0.25) is 0 Å². The van der Waals surface area contributed by atoms with Crippen molar-refractivity contribution in [3.63, 3.8) is 0 Å². The normalized spacial score (nSPS) is 26.1. The summed E-state index contributed by atoms with van der Waals surface area (Å²) in [4.78, 5) is 35.2. The van der Waals surface area contributed by atoms with E-state index in [0.29, 0.717) is 18.8 Å². The molecule has 8 heteroatoms. The van der Waals surface area contributed by atoms with Gasteiger partial charge in [-0.15, -0.1) is 0 Å². The highest BCUT2D eigenvalue weighted by Gasteiger charge is 2.58. The van der Waals surface area contributed by atoms with E-state index >= 15 is 0 Å². The monoisotopic (exact) mass is 464 g/mol. The number of rotatable bonds is 7. The van der Waals surface area contributed by atoms with Crippen molar-refractivity contribution in [1.82, 2.24) is 20.1 Å². The van der Waals surface area contributed by atoms with E-state index < -0.39 is 5.54 Å². The van der Waals surface area contributed by atoms with Gasteiger partial charge >= 0.3 is 6.03 Å². The lowest BCUT2D eigenvalue weighted by atomic mass is 9.75. The zero-order chi connectivity index (χ0) is 23.5. The maximum atomic E-state index is 13.9. The lowest BCUT2D eigenvalue weighted by Crippen LogP contribution is -2.54. The Morgan fingerprint density at radius 3 is 2.62 bits per heavy atom. The molecule has 3 saturated heterocycles. The average molecular weight is 465 g/mol. The SMILES string of the molecule is COc1ccccc1CN1CCC([C@]2(c3ccccn3)NC(=O)N(C[C@@H]3CCCO3)C2=O)CC1. The summed E-state index contributed by atoms with van der Waals surface area (Å²) in [5, 5.41) is 3.09. The average Bonchev–Trinajstić information content (AvgIpc) is 3.48. The topological polar surface area (TPSA) is 84.0 Å². The van der Waals surface area contributed by atoms with Gasteiger partial charge in [0.1, 0.15) is 5.75 Å². The number of ether oxygens (including phenoxy) is 2. The molecule has 3 fully saturated rings. The van der Waals surface area contributed by atoms with Crippen molar-refractivity contribution in [2.45, 2.75) is 43.9 Å². The zero-order valence-electron chi connectivity index (χ0n) is 19.6. The summed E-state index contributed by atoms with van der Waals surface area (Å²) in [5.74, 6) is 0.648. The van der Waals surface area contributed by atoms with E-state index in [1.807, 2.05) is 36.4 Å². The highest BCUT2D eigenvalue weighted by molar-refractivity contribution is 6.07. The van der Waals surface area contributed by atoms with Crippen molar-refractivity contribution in [3.8, 4) is 5.75 Å². The molecule has 0 bridgehead atoms. The Morgan fingerprint density at radius 2 is 1.91 bits per heavy atom. The van der Waals surface area contributed by atoms with Gasteiger partial charge < -0.3 is 14.8 Å². The molecule has 2 atom stereocenters. The van der Waals surface area contributed by atoms with Gasteiger partial charge in [0.25, 0.3) is 5.91 Å². The van der Waals surface area contributed by atoms with Gasteiger partial charge in [-0.2, -0.15) is 0 Å². The van der Waals surface area contributed by atoms with Crippen molar-refractivity contribution >= 4 is 11.9 Å². The third-order valence-electron chi connectivity index (χ3n) is 7.40. The second kappa shape index (κ2) is 9.72. The quantitative estimate of drug-likeness (QED) is 0.635. The van der Waals surface area contributed by atoms with E-state index in [-0.39, 0.29) is 24.0 Å². The third kappa shape index (κ3) is 4.16. The number of carbonyl (C=O) groups excluding carboxylic acids is 2. The molecule has 0 saturated carbocycles. The van der Waals surface area contributed by atoms with Crippen LogP contribution in [0.15, 0.2) is 48.7 Å². The second-order valence-corrected chi connectivity index (χ2v) is 9.37. The van der Waals surface area contributed by atoms with Crippen LogP contribution >= 0.6 is 0 Å². The van der Waals surface area contributed by atoms with Gasteiger partial charge in [0.15, 0.2) is 5.54 Å². The maximum absolute atomic E-state index is 13.9. The minimum absolute atomic E-state index is 0.0396. The second-order valence-electron chi connectivity index (χ2n) is 9.37. The van der Waals surface area contributed by atoms with E-state index in [2.05, 4.69) is 21.3 Å². The smallest absolute Gasteiger partial charge is 0.325 e. The lowest BCUT2D eigenvalue weighted by molar-refractivity contribution is -0.135. The Kier molecular flexibility index (Phi) is 6.52. The number of para-hydroxylation sites is 1. The highest BCUT2D eigenvalue weighted by Crippen LogP contribution is 2.41. The minimum Gasteiger partial charge on any atom is -0.496 e. The Balaban J connectivity index is 1.35. The number of hydrogen-bond acceptors (Lipinski definition) is 6. The summed E-state index contributed by atoms with van der Waals surface area (Å²) in [7, 11) is 1.69. The molecular weight excluding hydrogens is 432 g/mol. The van der Waals surface area contributed by atoms with Crippen molar-refractivity contribution in [2.24, 2.45) is 5.92 Å². The molecule has 1 aromatic heterocycles. The fourth-order valence-electron chi connectivity index (χ4n) is 5.61. The lowest BCUT2D eigenvalue weighted by Gasteiger charge is -2.40. The van der Waals surface area contributed by atoms with E-state index in [9.17, 15) is 9.59 Å². The molecule has 0 spiro atoms. The van der Waals surface area contributed by atoms with E-state index in [1.165, 1.54) is 4.90 Å². The molecule has 180 valence electrons. The van der Waals surface area contributed by atoms with E-state index in [0.717, 1.165) is 56.6 Å². The number of carbonyl (C=O) groups is 2. The molecule has 0 unspecified atom stereocenters. The number of benzene rings is 1. The van der Waals surface area contributed by atoms with Gasteiger partial charge in [-0.25, -0.2) is 4.79 Å². The van der Waals surface area contributed by atoms with Gasteiger partial charge in [-0.05, 0) is 62.9 Å². The van der Waals surface area contributed by atoms with Crippen LogP contribution in [0.5, 0.6) is 5.75 Å². The van der Waals surface area contributed by atoms with Crippen LogP contribution in [0.4, 0.5) is 4.79 Å². The molecule has 8 nitrogen and oxygen atoms in total. The van der Waals surface area contributed by atoms with Crippen LogP contribution in [-0.2, 0) is 21.6 Å². The number of pyridine rings is 1. The van der Waals surface area contributed by atoms with Crippen LogP contribution in [0, 0.1) is 5.92 Å². The number of likely N-dealkylation sites (tertiary alicyclic amines) is 1. The summed E-state index contributed by atoms with van der Waals surface area (Å²) in [5.41, 5.74) is 0.634. The number of imide groups is 1. The first kappa shape index (κ1) is 22.8. The van der Waals surface area contributed by atoms with Gasteiger partial charge in [-0.3, -0.25) is 19.6 Å². The number of amides is 3. The van der Waals surface area contributed by atoms with Crippen LogP contribution in [0.1, 0.15) is 36.9 Å². The summed E-state index contributed by atoms with van der Waals surface area (Å²) >= 11 is 0. The molecular formula is C26H32N4O4. The van der Waals surface area contributed by atoms with E-state index in [1.54, 1.807) is 13.3 Å². The molecule has 4 heterocycles. The molecule has 3 aliphatic heterocycles. The van der Waals surface area contributed by atoms with Gasteiger partial charge in [-0.1, -0.05) is 24.3 Å². The maximum Gasteiger partial charge on any atom is 0.325 e. The van der Waals surface area contributed by atoms with Crippen LogP contribution in [-0.4, -0.2) is 66.2 Å². The molecule has 34 heavy (non-hydrogen) atoms. The number of hydrogen-bond donors (Lipinski definition) is 1. The predicted molar refractivity (Wildman–Crippen MR) is 126 cm³/mol. The number of nitrogens with zero attached hydrogens (tertiary/aromatic N) is 3. The van der Waals surface area contributed by atoms with Crippen molar-refractivity contribution in [3.05, 3.63) is 59.9 Å². The van der Waals surface area contributed by atoms with Crippen LogP contribution in [0.3, 0.4) is 0 Å². The highest BCUT2D eigenvalue weighted by atomic mass is 16.5.